The Hall–Kier alpha value is -1.84. The molecule has 4 aliphatic rings. The number of likely N-dealkylation sites (tertiary alicyclic amines) is 1. The summed E-state index contributed by atoms with van der Waals surface area (Å²) in [5.41, 5.74) is 4.72. The number of fused-ring (bicyclic) bond motifs is 5. The highest BCUT2D eigenvalue weighted by molar-refractivity contribution is 5.73. The van der Waals surface area contributed by atoms with E-state index in [1.807, 2.05) is 11.1 Å². The van der Waals surface area contributed by atoms with E-state index in [-0.39, 0.29) is 16.9 Å². The van der Waals surface area contributed by atoms with Gasteiger partial charge < -0.3 is 9.64 Å². The summed E-state index contributed by atoms with van der Waals surface area (Å²) in [5.74, 6) is 2.21. The predicted molar refractivity (Wildman–Crippen MR) is 119 cm³/mol. The SMILES string of the molecule is CCc1cncc(C2=CC[C@H]3[C@@H]4CCC5N(C(=O)OC)CC[C@]5(C)[C@H]4CC[C@]23C)c1. The van der Waals surface area contributed by atoms with Crippen molar-refractivity contribution < 1.29 is 9.53 Å². The Balaban J connectivity index is 1.42. The van der Waals surface area contributed by atoms with Gasteiger partial charge in [-0.15, -0.1) is 0 Å². The summed E-state index contributed by atoms with van der Waals surface area (Å²) in [4.78, 5) is 18.9. The third-order valence-electron chi connectivity index (χ3n) is 9.59. The maximum Gasteiger partial charge on any atom is 0.409 e. The number of methoxy groups -OCH3 is 1. The molecule has 0 N–H and O–H groups in total. The molecule has 162 valence electrons. The number of amides is 1. The van der Waals surface area contributed by atoms with Gasteiger partial charge in [-0.25, -0.2) is 4.79 Å². The Morgan fingerprint density at radius 3 is 2.80 bits per heavy atom. The van der Waals surface area contributed by atoms with Gasteiger partial charge in [-0.3, -0.25) is 4.98 Å². The molecule has 1 saturated heterocycles. The number of rotatable bonds is 2. The minimum Gasteiger partial charge on any atom is -0.453 e. The molecule has 1 amide bonds. The number of hydrogen-bond acceptors (Lipinski definition) is 3. The van der Waals surface area contributed by atoms with Gasteiger partial charge in [0.2, 0.25) is 0 Å². The summed E-state index contributed by atoms with van der Waals surface area (Å²) in [6.07, 6.45) is 14.7. The first-order valence-electron chi connectivity index (χ1n) is 11.9. The number of carbonyl (C=O) groups excluding carboxylic acids is 1. The Morgan fingerprint density at radius 1 is 1.20 bits per heavy atom. The molecule has 3 aliphatic carbocycles. The van der Waals surface area contributed by atoms with Crippen LogP contribution in [0, 0.1) is 28.6 Å². The summed E-state index contributed by atoms with van der Waals surface area (Å²) < 4.78 is 5.10. The lowest BCUT2D eigenvalue weighted by Gasteiger charge is -2.57. The molecule has 1 aromatic rings. The third kappa shape index (κ3) is 2.71. The first-order chi connectivity index (χ1) is 14.4. The van der Waals surface area contributed by atoms with Crippen LogP contribution in [0.1, 0.15) is 70.4 Å². The van der Waals surface area contributed by atoms with E-state index in [0.29, 0.717) is 6.04 Å². The van der Waals surface area contributed by atoms with Crippen molar-refractivity contribution in [1.29, 1.82) is 0 Å². The second kappa shape index (κ2) is 7.10. The van der Waals surface area contributed by atoms with Gasteiger partial charge in [-0.05, 0) is 96.3 Å². The molecule has 0 radical (unpaired) electrons. The van der Waals surface area contributed by atoms with E-state index in [1.54, 1.807) is 5.57 Å². The molecular formula is C26H36N2O2. The molecule has 6 atom stereocenters. The highest BCUT2D eigenvalue weighted by Gasteiger charge is 2.61. The van der Waals surface area contributed by atoms with E-state index in [9.17, 15) is 4.79 Å². The number of allylic oxidation sites excluding steroid dienone is 2. The quantitative estimate of drug-likeness (QED) is 0.628. The van der Waals surface area contributed by atoms with E-state index in [4.69, 9.17) is 4.74 Å². The van der Waals surface area contributed by atoms with Gasteiger partial charge >= 0.3 is 6.09 Å². The fourth-order valence-electron chi connectivity index (χ4n) is 8.00. The maximum atomic E-state index is 12.3. The lowest BCUT2D eigenvalue weighted by molar-refractivity contribution is -0.0608. The summed E-state index contributed by atoms with van der Waals surface area (Å²) in [6, 6.07) is 2.72. The van der Waals surface area contributed by atoms with Gasteiger partial charge in [0.05, 0.1) is 7.11 Å². The minimum atomic E-state index is -0.129. The van der Waals surface area contributed by atoms with Crippen LogP contribution < -0.4 is 0 Å². The van der Waals surface area contributed by atoms with Crippen LogP contribution in [0.2, 0.25) is 0 Å². The summed E-state index contributed by atoms with van der Waals surface area (Å²) in [6.45, 7) is 8.06. The van der Waals surface area contributed by atoms with Crippen LogP contribution in [0.5, 0.6) is 0 Å². The smallest absolute Gasteiger partial charge is 0.409 e. The third-order valence-corrected chi connectivity index (χ3v) is 9.59. The van der Waals surface area contributed by atoms with E-state index in [1.165, 1.54) is 43.9 Å². The molecule has 0 spiro atoms. The summed E-state index contributed by atoms with van der Waals surface area (Å²) in [7, 11) is 1.52. The van der Waals surface area contributed by atoms with Crippen LogP contribution in [0.3, 0.4) is 0 Å². The van der Waals surface area contributed by atoms with Crippen molar-refractivity contribution in [3.8, 4) is 0 Å². The zero-order valence-corrected chi connectivity index (χ0v) is 19.0. The second-order valence-electron chi connectivity index (χ2n) is 10.6. The zero-order chi connectivity index (χ0) is 21.1. The fourth-order valence-corrected chi connectivity index (χ4v) is 8.00. The van der Waals surface area contributed by atoms with E-state index in [0.717, 1.165) is 43.6 Å². The van der Waals surface area contributed by atoms with Gasteiger partial charge in [0, 0.05) is 25.0 Å². The molecule has 3 fully saturated rings. The molecule has 30 heavy (non-hydrogen) atoms. The standard InChI is InChI=1S/C26H36N2O2/c1-5-17-14-18(16-27-15-17)20-7-8-21-19-6-9-23-26(3,12-13-28(23)24(29)30-4)22(19)10-11-25(20,21)2/h7,14-16,19,21-23H,5-6,8-13H2,1-4H3/t19-,21-,22-,23?,25+,26+/m0/s1. The molecule has 0 aromatic carbocycles. The Kier molecular flexibility index (Phi) is 4.75. The molecule has 1 aliphatic heterocycles. The lowest BCUT2D eigenvalue weighted by atomic mass is 9.48. The van der Waals surface area contributed by atoms with Gasteiger partial charge in [-0.2, -0.15) is 0 Å². The highest BCUT2D eigenvalue weighted by Crippen LogP contribution is 2.66. The molecule has 1 aromatic heterocycles. The number of carbonyl (C=O) groups is 1. The topological polar surface area (TPSA) is 42.4 Å². The van der Waals surface area contributed by atoms with Crippen LogP contribution >= 0.6 is 0 Å². The molecule has 0 bridgehead atoms. The average Bonchev–Trinajstić information content (AvgIpc) is 3.30. The van der Waals surface area contributed by atoms with Crippen molar-refractivity contribution in [2.45, 2.75) is 71.8 Å². The van der Waals surface area contributed by atoms with Crippen molar-refractivity contribution in [2.24, 2.45) is 28.6 Å². The average molecular weight is 409 g/mol. The van der Waals surface area contributed by atoms with Crippen LogP contribution in [0.25, 0.3) is 5.57 Å². The molecule has 2 saturated carbocycles. The molecule has 1 unspecified atom stereocenters. The second-order valence-corrected chi connectivity index (χ2v) is 10.6. The predicted octanol–water partition coefficient (Wildman–Crippen LogP) is 5.72. The first-order valence-corrected chi connectivity index (χ1v) is 11.9. The van der Waals surface area contributed by atoms with E-state index < -0.39 is 0 Å². The Bertz CT molecular complexity index is 880. The molecule has 4 nitrogen and oxygen atoms in total. The number of pyridine rings is 1. The monoisotopic (exact) mass is 408 g/mol. The number of aromatic nitrogens is 1. The lowest BCUT2D eigenvalue weighted by Crippen LogP contribution is -2.54. The highest BCUT2D eigenvalue weighted by atomic mass is 16.5. The van der Waals surface area contributed by atoms with Crippen molar-refractivity contribution in [3.05, 3.63) is 35.7 Å². The van der Waals surface area contributed by atoms with Gasteiger partial charge in [-0.1, -0.05) is 26.8 Å². The van der Waals surface area contributed by atoms with Crippen LogP contribution in [0.15, 0.2) is 24.5 Å². The normalized spacial score (nSPS) is 39.7. The summed E-state index contributed by atoms with van der Waals surface area (Å²) >= 11 is 0. The zero-order valence-electron chi connectivity index (χ0n) is 19.0. The van der Waals surface area contributed by atoms with Crippen molar-refractivity contribution >= 4 is 11.7 Å². The fraction of sp³-hybridized carbons (Fsp3) is 0.692. The van der Waals surface area contributed by atoms with Crippen LogP contribution in [0.4, 0.5) is 4.79 Å². The minimum absolute atomic E-state index is 0.129. The molecular weight excluding hydrogens is 372 g/mol. The van der Waals surface area contributed by atoms with Gasteiger partial charge in [0.15, 0.2) is 0 Å². The van der Waals surface area contributed by atoms with Gasteiger partial charge in [0.1, 0.15) is 0 Å². The molecule has 4 heteroatoms. The van der Waals surface area contributed by atoms with Crippen molar-refractivity contribution in [3.63, 3.8) is 0 Å². The van der Waals surface area contributed by atoms with Crippen molar-refractivity contribution in [1.82, 2.24) is 9.88 Å². The Labute approximate surface area is 181 Å². The number of ether oxygens (including phenoxy) is 1. The van der Waals surface area contributed by atoms with Crippen LogP contribution in [-0.2, 0) is 11.2 Å². The maximum absolute atomic E-state index is 12.3. The Morgan fingerprint density at radius 2 is 2.03 bits per heavy atom. The number of aryl methyl sites for hydroxylation is 1. The largest absolute Gasteiger partial charge is 0.453 e. The number of nitrogens with zero attached hydrogens (tertiary/aromatic N) is 2. The number of hydrogen-bond donors (Lipinski definition) is 0. The molecule has 2 heterocycles. The first kappa shape index (κ1) is 20.1. The molecule has 5 rings (SSSR count). The van der Waals surface area contributed by atoms with Crippen molar-refractivity contribution in [2.75, 3.05) is 13.7 Å². The van der Waals surface area contributed by atoms with E-state index >= 15 is 0 Å². The van der Waals surface area contributed by atoms with E-state index in [2.05, 4.69) is 44.1 Å². The van der Waals surface area contributed by atoms with Gasteiger partial charge in [0.25, 0.3) is 0 Å². The summed E-state index contributed by atoms with van der Waals surface area (Å²) in [5, 5.41) is 0. The van der Waals surface area contributed by atoms with Crippen LogP contribution in [-0.4, -0.2) is 35.7 Å².